The van der Waals surface area contributed by atoms with Crippen LogP contribution in [0.4, 0.5) is 0 Å². The summed E-state index contributed by atoms with van der Waals surface area (Å²) in [6, 6.07) is 0. The van der Waals surface area contributed by atoms with Crippen LogP contribution in [0.25, 0.3) is 0 Å². The first-order valence-corrected chi connectivity index (χ1v) is 6.81. The van der Waals surface area contributed by atoms with Crippen LogP contribution in [0.5, 0.6) is 0 Å². The van der Waals surface area contributed by atoms with Crippen molar-refractivity contribution in [2.45, 2.75) is 47.0 Å². The predicted molar refractivity (Wildman–Crippen MR) is 75.2 cm³/mol. The van der Waals surface area contributed by atoms with E-state index >= 15 is 0 Å². The minimum Gasteiger partial charge on any atom is -0.466 e. The van der Waals surface area contributed by atoms with Crippen molar-refractivity contribution in [3.63, 3.8) is 0 Å². The summed E-state index contributed by atoms with van der Waals surface area (Å²) in [6.07, 6.45) is 9.79. The molecular formula is C16H26O2. The molecule has 1 aliphatic carbocycles. The van der Waals surface area contributed by atoms with Crippen molar-refractivity contribution < 1.29 is 9.53 Å². The van der Waals surface area contributed by atoms with Gasteiger partial charge in [-0.3, -0.25) is 0 Å². The Hall–Kier alpha value is -1.05. The van der Waals surface area contributed by atoms with E-state index in [4.69, 9.17) is 0 Å². The normalized spacial score (nSPS) is 28.4. The number of methoxy groups -OCH3 is 1. The Morgan fingerprint density at radius 3 is 2.61 bits per heavy atom. The maximum absolute atomic E-state index is 11.1. The Balaban J connectivity index is 2.75. The molecule has 18 heavy (non-hydrogen) atoms. The van der Waals surface area contributed by atoms with E-state index in [0.29, 0.717) is 11.3 Å². The van der Waals surface area contributed by atoms with Crippen LogP contribution in [0.2, 0.25) is 0 Å². The van der Waals surface area contributed by atoms with Crippen LogP contribution in [-0.4, -0.2) is 13.1 Å². The number of allylic oxidation sites excluding steroid dienone is 3. The van der Waals surface area contributed by atoms with Gasteiger partial charge in [-0.2, -0.15) is 0 Å². The molecule has 0 aromatic rings. The molecule has 2 heteroatoms. The fourth-order valence-corrected chi connectivity index (χ4v) is 2.99. The van der Waals surface area contributed by atoms with Gasteiger partial charge in [-0.25, -0.2) is 4.79 Å². The number of ether oxygens (including phenoxy) is 1. The summed E-state index contributed by atoms with van der Waals surface area (Å²) in [5.74, 6) is 1.02. The lowest BCUT2D eigenvalue weighted by Gasteiger charge is -2.41. The van der Waals surface area contributed by atoms with E-state index in [1.807, 2.05) is 6.92 Å². The van der Waals surface area contributed by atoms with Gasteiger partial charge < -0.3 is 4.74 Å². The van der Waals surface area contributed by atoms with Crippen LogP contribution in [0.3, 0.4) is 0 Å². The molecule has 1 aliphatic rings. The highest BCUT2D eigenvalue weighted by atomic mass is 16.5. The predicted octanol–water partition coefficient (Wildman–Crippen LogP) is 4.12. The van der Waals surface area contributed by atoms with E-state index in [2.05, 4.69) is 37.7 Å². The second-order valence-corrected chi connectivity index (χ2v) is 6.15. The number of rotatable bonds is 3. The van der Waals surface area contributed by atoms with Gasteiger partial charge in [0.1, 0.15) is 0 Å². The van der Waals surface area contributed by atoms with E-state index in [1.54, 1.807) is 0 Å². The number of hydrogen-bond acceptors (Lipinski definition) is 2. The van der Waals surface area contributed by atoms with E-state index in [-0.39, 0.29) is 5.97 Å². The fourth-order valence-electron chi connectivity index (χ4n) is 2.99. The molecule has 0 aromatic heterocycles. The quantitative estimate of drug-likeness (QED) is 0.428. The average molecular weight is 250 g/mol. The zero-order valence-electron chi connectivity index (χ0n) is 12.3. The fraction of sp³-hybridized carbons (Fsp3) is 0.688. The Bertz CT molecular complexity index is 350. The van der Waals surface area contributed by atoms with Gasteiger partial charge in [0.15, 0.2) is 0 Å². The van der Waals surface area contributed by atoms with Gasteiger partial charge in [0, 0.05) is 6.08 Å². The summed E-state index contributed by atoms with van der Waals surface area (Å²) in [6.45, 7) is 8.96. The molecule has 0 amide bonds. The summed E-state index contributed by atoms with van der Waals surface area (Å²) < 4.78 is 4.63. The third-order valence-corrected chi connectivity index (χ3v) is 4.11. The Morgan fingerprint density at radius 1 is 1.39 bits per heavy atom. The molecule has 2 nitrogen and oxygen atoms in total. The zero-order valence-corrected chi connectivity index (χ0v) is 12.3. The van der Waals surface area contributed by atoms with Crippen molar-refractivity contribution in [1.82, 2.24) is 0 Å². The molecule has 1 fully saturated rings. The molecule has 0 unspecified atom stereocenters. The van der Waals surface area contributed by atoms with Crippen LogP contribution in [-0.2, 0) is 9.53 Å². The third kappa shape index (κ3) is 4.01. The molecule has 0 radical (unpaired) electrons. The lowest BCUT2D eigenvalue weighted by atomic mass is 9.64. The molecule has 1 saturated carbocycles. The number of hydrogen-bond donors (Lipinski definition) is 0. The van der Waals surface area contributed by atoms with E-state index < -0.39 is 0 Å². The lowest BCUT2D eigenvalue weighted by Crippen LogP contribution is -2.32. The highest BCUT2D eigenvalue weighted by Crippen LogP contribution is 2.44. The molecular weight excluding hydrogens is 224 g/mol. The number of carbonyl (C=O) groups excluding carboxylic acids is 1. The molecule has 0 saturated heterocycles. The lowest BCUT2D eigenvalue weighted by molar-refractivity contribution is -0.134. The Kier molecular flexibility index (Phi) is 5.18. The van der Waals surface area contributed by atoms with Crippen LogP contribution in [0.1, 0.15) is 47.0 Å². The second-order valence-electron chi connectivity index (χ2n) is 6.15. The minimum absolute atomic E-state index is 0.284. The SMILES string of the molecule is COC(=O)/C=C(C)/C=C/[C@@H]1[C@H](C)CCCC1(C)C. The van der Waals surface area contributed by atoms with Gasteiger partial charge in [-0.05, 0) is 36.2 Å². The monoisotopic (exact) mass is 250 g/mol. The van der Waals surface area contributed by atoms with E-state index in [0.717, 1.165) is 11.5 Å². The molecule has 0 spiro atoms. The maximum Gasteiger partial charge on any atom is 0.330 e. The molecule has 1 rings (SSSR count). The van der Waals surface area contributed by atoms with Crippen LogP contribution < -0.4 is 0 Å². The highest BCUT2D eigenvalue weighted by Gasteiger charge is 2.34. The maximum atomic E-state index is 11.1. The van der Waals surface area contributed by atoms with Crippen molar-refractivity contribution >= 4 is 5.97 Å². The van der Waals surface area contributed by atoms with Crippen LogP contribution >= 0.6 is 0 Å². The van der Waals surface area contributed by atoms with Crippen molar-refractivity contribution in [3.05, 3.63) is 23.8 Å². The molecule has 2 atom stereocenters. The molecule has 0 aliphatic heterocycles. The highest BCUT2D eigenvalue weighted by molar-refractivity contribution is 5.83. The molecule has 0 heterocycles. The zero-order chi connectivity index (χ0) is 13.8. The van der Waals surface area contributed by atoms with Gasteiger partial charge in [-0.1, -0.05) is 45.8 Å². The van der Waals surface area contributed by atoms with Crippen molar-refractivity contribution in [3.8, 4) is 0 Å². The minimum atomic E-state index is -0.284. The van der Waals surface area contributed by atoms with Gasteiger partial charge in [0.2, 0.25) is 0 Å². The topological polar surface area (TPSA) is 26.3 Å². The average Bonchev–Trinajstić information content (AvgIpc) is 2.27. The first-order chi connectivity index (χ1) is 8.36. The van der Waals surface area contributed by atoms with Gasteiger partial charge >= 0.3 is 5.97 Å². The first kappa shape index (κ1) is 15.0. The molecule has 0 N–H and O–H groups in total. The summed E-state index contributed by atoms with van der Waals surface area (Å²) in [5.41, 5.74) is 1.31. The van der Waals surface area contributed by atoms with Gasteiger partial charge in [-0.15, -0.1) is 0 Å². The van der Waals surface area contributed by atoms with E-state index in [1.165, 1.54) is 32.4 Å². The largest absolute Gasteiger partial charge is 0.466 e. The number of carbonyl (C=O) groups is 1. The van der Waals surface area contributed by atoms with Gasteiger partial charge in [0.25, 0.3) is 0 Å². The van der Waals surface area contributed by atoms with Crippen LogP contribution in [0.15, 0.2) is 23.8 Å². The molecule has 0 bridgehead atoms. The van der Waals surface area contributed by atoms with Crippen molar-refractivity contribution in [2.75, 3.05) is 7.11 Å². The van der Waals surface area contributed by atoms with Gasteiger partial charge in [0.05, 0.1) is 7.11 Å². The number of esters is 1. The smallest absolute Gasteiger partial charge is 0.330 e. The summed E-state index contributed by atoms with van der Waals surface area (Å²) in [4.78, 5) is 11.1. The van der Waals surface area contributed by atoms with Crippen molar-refractivity contribution in [2.24, 2.45) is 17.3 Å². The summed E-state index contributed by atoms with van der Waals surface area (Å²) in [5, 5.41) is 0. The summed E-state index contributed by atoms with van der Waals surface area (Å²) in [7, 11) is 1.40. The Labute approximate surface area is 111 Å². The van der Waals surface area contributed by atoms with Crippen molar-refractivity contribution in [1.29, 1.82) is 0 Å². The standard InChI is InChI=1S/C16H26O2/c1-12(11-15(17)18-5)8-9-14-13(2)7-6-10-16(14,3)4/h8-9,11,13-14H,6-7,10H2,1-5H3/b9-8+,12-11+/t13-,14-/m1/s1. The van der Waals surface area contributed by atoms with E-state index in [9.17, 15) is 4.79 Å². The molecule has 102 valence electrons. The Morgan fingerprint density at radius 2 is 2.06 bits per heavy atom. The first-order valence-electron chi connectivity index (χ1n) is 6.81. The summed E-state index contributed by atoms with van der Waals surface area (Å²) >= 11 is 0. The molecule has 0 aromatic carbocycles. The second kappa shape index (κ2) is 6.21. The third-order valence-electron chi connectivity index (χ3n) is 4.11. The van der Waals surface area contributed by atoms with Crippen LogP contribution in [0, 0.1) is 17.3 Å².